The zero-order chi connectivity index (χ0) is 33.6. The van der Waals surface area contributed by atoms with Gasteiger partial charge >= 0.3 is 6.09 Å². The van der Waals surface area contributed by atoms with E-state index in [1.54, 1.807) is 24.4 Å². The molecule has 2 heterocycles. The van der Waals surface area contributed by atoms with E-state index in [1.165, 1.54) is 30.4 Å². The minimum Gasteiger partial charge on any atom is -0.493 e. The average Bonchev–Trinajstić information content (AvgIpc) is 3.05. The molecule has 9 nitrogen and oxygen atoms in total. The Bertz CT molecular complexity index is 1750. The number of nitrogens with one attached hydrogen (secondary N) is 1. The van der Waals surface area contributed by atoms with Crippen LogP contribution in [0.15, 0.2) is 79.0 Å². The van der Waals surface area contributed by atoms with Gasteiger partial charge in [0.05, 0.1) is 18.4 Å². The Morgan fingerprint density at radius 2 is 1.79 bits per heavy atom. The maximum atomic E-state index is 15.8. The molecule has 0 radical (unpaired) electrons. The lowest BCUT2D eigenvalue weighted by molar-refractivity contribution is 0.0497. The first-order chi connectivity index (χ1) is 22.6. The second-order valence-electron chi connectivity index (χ2n) is 12.1. The highest BCUT2D eigenvalue weighted by molar-refractivity contribution is 5.80. The zero-order valence-electron chi connectivity index (χ0n) is 26.8. The molecule has 0 spiro atoms. The maximum absolute atomic E-state index is 15.8. The van der Waals surface area contributed by atoms with Crippen LogP contribution < -0.4 is 20.0 Å². The van der Waals surface area contributed by atoms with E-state index in [9.17, 15) is 14.4 Å². The molecule has 47 heavy (non-hydrogen) atoms. The number of amides is 1. The fourth-order valence-electron chi connectivity index (χ4n) is 5.39. The molecule has 0 saturated carbocycles. The van der Waals surface area contributed by atoms with Crippen molar-refractivity contribution in [3.8, 4) is 22.9 Å². The summed E-state index contributed by atoms with van der Waals surface area (Å²) in [5.41, 5.74) is 1.65. The van der Waals surface area contributed by atoms with Gasteiger partial charge in [0.1, 0.15) is 29.8 Å². The number of piperidine rings is 1. The normalized spacial score (nSPS) is 13.5. The standard InChI is InChI=1S/C36H37F2N5O4/c1-36(2,3)47-35(44)41-27-14-17-42(18-15-27)34-32(11-8-16-40-34)43(46-23-24-9-6-5-7-10-24)28-20-29(33(45-4)31(38)21-28)25-12-13-26(22-39)30(37)19-25/h5-13,16,19-21,27H,14-15,17-18,23H2,1-4H3,(H,41,44). The topological polar surface area (TPSA) is 100.0 Å². The average molecular weight is 642 g/mol. The fourth-order valence-corrected chi connectivity index (χ4v) is 5.39. The van der Waals surface area contributed by atoms with Gasteiger partial charge in [-0.15, -0.1) is 0 Å². The summed E-state index contributed by atoms with van der Waals surface area (Å²) in [5.74, 6) is -0.878. The van der Waals surface area contributed by atoms with Gasteiger partial charge < -0.3 is 19.7 Å². The highest BCUT2D eigenvalue weighted by Gasteiger charge is 2.28. The number of halogens is 2. The van der Waals surface area contributed by atoms with Gasteiger partial charge in [0.15, 0.2) is 17.4 Å². The number of alkyl carbamates (subject to hydrolysis) is 1. The van der Waals surface area contributed by atoms with Gasteiger partial charge in [-0.3, -0.25) is 4.84 Å². The number of anilines is 3. The maximum Gasteiger partial charge on any atom is 0.407 e. The molecule has 0 bridgehead atoms. The summed E-state index contributed by atoms with van der Waals surface area (Å²) in [6.07, 6.45) is 2.55. The molecule has 1 N–H and O–H groups in total. The molecular formula is C36H37F2N5O4. The van der Waals surface area contributed by atoms with Crippen molar-refractivity contribution in [2.45, 2.75) is 51.9 Å². The van der Waals surface area contributed by atoms with E-state index in [4.69, 9.17) is 19.3 Å². The Hall–Kier alpha value is -5.21. The van der Waals surface area contributed by atoms with Gasteiger partial charge in [0.25, 0.3) is 0 Å². The van der Waals surface area contributed by atoms with Crippen LogP contribution in [-0.2, 0) is 16.2 Å². The molecule has 3 aromatic carbocycles. The SMILES string of the molecule is COc1c(F)cc(N(OCc2ccccc2)c2cccnc2N2CCC(NC(=O)OC(C)(C)C)CC2)cc1-c1ccc(C#N)c(F)c1. The summed E-state index contributed by atoms with van der Waals surface area (Å²) in [5, 5.41) is 13.7. The van der Waals surface area contributed by atoms with Crippen LogP contribution in [-0.4, -0.2) is 42.9 Å². The Morgan fingerprint density at radius 3 is 2.45 bits per heavy atom. The molecule has 1 aliphatic rings. The van der Waals surface area contributed by atoms with E-state index >= 15 is 4.39 Å². The molecule has 0 unspecified atom stereocenters. The summed E-state index contributed by atoms with van der Waals surface area (Å²) in [7, 11) is 1.34. The van der Waals surface area contributed by atoms with Crippen LogP contribution in [0.5, 0.6) is 5.75 Å². The number of methoxy groups -OCH3 is 1. The summed E-state index contributed by atoms with van der Waals surface area (Å²) >= 11 is 0. The van der Waals surface area contributed by atoms with Crippen molar-refractivity contribution in [3.63, 3.8) is 0 Å². The van der Waals surface area contributed by atoms with Crippen LogP contribution in [0.4, 0.5) is 30.8 Å². The van der Waals surface area contributed by atoms with Crippen molar-refractivity contribution in [2.24, 2.45) is 0 Å². The first-order valence-corrected chi connectivity index (χ1v) is 15.3. The summed E-state index contributed by atoms with van der Waals surface area (Å²) in [6.45, 7) is 6.80. The number of hydrogen-bond acceptors (Lipinski definition) is 8. The number of nitriles is 1. The van der Waals surface area contributed by atoms with Gasteiger partial charge in [-0.25, -0.2) is 23.6 Å². The molecular weight excluding hydrogens is 604 g/mol. The van der Waals surface area contributed by atoms with Crippen LogP contribution in [0.25, 0.3) is 11.1 Å². The van der Waals surface area contributed by atoms with Crippen molar-refractivity contribution in [2.75, 3.05) is 30.2 Å². The number of carbonyl (C=O) groups is 1. The highest BCUT2D eigenvalue weighted by Crippen LogP contribution is 2.41. The third kappa shape index (κ3) is 8.15. The van der Waals surface area contributed by atoms with Crippen molar-refractivity contribution in [1.82, 2.24) is 10.3 Å². The summed E-state index contributed by atoms with van der Waals surface area (Å²) < 4.78 is 41.3. The third-order valence-corrected chi connectivity index (χ3v) is 7.57. The third-order valence-electron chi connectivity index (χ3n) is 7.57. The van der Waals surface area contributed by atoms with Crippen molar-refractivity contribution < 1.29 is 27.9 Å². The number of aromatic nitrogens is 1. The Kier molecular flexibility index (Phi) is 10.2. The molecule has 0 atom stereocenters. The fraction of sp³-hybridized carbons (Fsp3) is 0.306. The van der Waals surface area contributed by atoms with Crippen LogP contribution in [0, 0.1) is 23.0 Å². The molecule has 244 valence electrons. The smallest absolute Gasteiger partial charge is 0.407 e. The number of ether oxygens (including phenoxy) is 2. The molecule has 0 aliphatic carbocycles. The number of pyridine rings is 1. The predicted molar refractivity (Wildman–Crippen MR) is 175 cm³/mol. The van der Waals surface area contributed by atoms with Crippen LogP contribution in [0.2, 0.25) is 0 Å². The van der Waals surface area contributed by atoms with Gasteiger partial charge in [0, 0.05) is 37.0 Å². The Labute approximate surface area is 273 Å². The first kappa shape index (κ1) is 33.2. The van der Waals surface area contributed by atoms with E-state index in [1.807, 2.05) is 63.2 Å². The number of hydrogen-bond donors (Lipinski definition) is 1. The van der Waals surface area contributed by atoms with Gasteiger partial charge in [-0.2, -0.15) is 5.26 Å². The number of carbonyl (C=O) groups excluding carboxylic acids is 1. The number of benzene rings is 3. The van der Waals surface area contributed by atoms with E-state index < -0.39 is 23.3 Å². The summed E-state index contributed by atoms with van der Waals surface area (Å²) in [6, 6.07) is 21.9. The van der Waals surface area contributed by atoms with E-state index in [0.29, 0.717) is 48.7 Å². The minimum absolute atomic E-state index is 0.0650. The zero-order valence-corrected chi connectivity index (χ0v) is 26.8. The van der Waals surface area contributed by atoms with Crippen LogP contribution >= 0.6 is 0 Å². The van der Waals surface area contributed by atoms with Gasteiger partial charge in [0.2, 0.25) is 0 Å². The van der Waals surface area contributed by atoms with Crippen LogP contribution in [0.3, 0.4) is 0 Å². The van der Waals surface area contributed by atoms with E-state index in [-0.39, 0.29) is 29.5 Å². The van der Waals surface area contributed by atoms with Crippen molar-refractivity contribution >= 4 is 23.3 Å². The lowest BCUT2D eigenvalue weighted by atomic mass is 10.0. The van der Waals surface area contributed by atoms with Crippen molar-refractivity contribution in [3.05, 3.63) is 102 Å². The molecule has 1 aromatic heterocycles. The molecule has 1 fully saturated rings. The number of nitrogens with zero attached hydrogens (tertiary/aromatic N) is 4. The monoisotopic (exact) mass is 641 g/mol. The Balaban J connectivity index is 1.50. The Morgan fingerprint density at radius 1 is 1.04 bits per heavy atom. The second-order valence-corrected chi connectivity index (χ2v) is 12.1. The lowest BCUT2D eigenvalue weighted by Gasteiger charge is -2.36. The molecule has 5 rings (SSSR count). The van der Waals surface area contributed by atoms with E-state index in [2.05, 4.69) is 10.2 Å². The summed E-state index contributed by atoms with van der Waals surface area (Å²) in [4.78, 5) is 25.6. The lowest BCUT2D eigenvalue weighted by Crippen LogP contribution is -2.46. The van der Waals surface area contributed by atoms with Crippen LogP contribution in [0.1, 0.15) is 44.7 Å². The highest BCUT2D eigenvalue weighted by atomic mass is 19.1. The molecule has 1 aliphatic heterocycles. The largest absolute Gasteiger partial charge is 0.493 e. The molecule has 1 saturated heterocycles. The van der Waals surface area contributed by atoms with Gasteiger partial charge in [-0.1, -0.05) is 36.4 Å². The molecule has 1 amide bonds. The predicted octanol–water partition coefficient (Wildman–Crippen LogP) is 7.67. The number of rotatable bonds is 9. The van der Waals surface area contributed by atoms with Gasteiger partial charge in [-0.05, 0) is 75.1 Å². The minimum atomic E-state index is -0.728. The van der Waals surface area contributed by atoms with Crippen molar-refractivity contribution in [1.29, 1.82) is 5.26 Å². The molecule has 4 aromatic rings. The quantitative estimate of drug-likeness (QED) is 0.186. The first-order valence-electron chi connectivity index (χ1n) is 15.3. The second kappa shape index (κ2) is 14.5. The molecule has 11 heteroatoms. The van der Waals surface area contributed by atoms with E-state index in [0.717, 1.165) is 5.56 Å².